The average molecular weight is 436 g/mol. The van der Waals surface area contributed by atoms with Gasteiger partial charge in [-0.15, -0.1) is 0 Å². The van der Waals surface area contributed by atoms with Crippen molar-refractivity contribution in [3.63, 3.8) is 0 Å². The maximum Gasteiger partial charge on any atom is 0.295 e. The molecule has 0 radical (unpaired) electrons. The van der Waals surface area contributed by atoms with E-state index in [1.165, 1.54) is 11.0 Å². The molecule has 2 aromatic carbocycles. The minimum absolute atomic E-state index is 0.185. The van der Waals surface area contributed by atoms with Gasteiger partial charge in [0.25, 0.3) is 11.6 Å². The van der Waals surface area contributed by atoms with Crippen LogP contribution in [0.15, 0.2) is 30.3 Å². The van der Waals surface area contributed by atoms with E-state index >= 15 is 0 Å². The molecule has 166 valence electrons. The van der Waals surface area contributed by atoms with Crippen LogP contribution in [-0.2, 0) is 0 Å². The second-order valence-electron chi connectivity index (χ2n) is 7.13. The monoisotopic (exact) mass is 436 g/mol. The van der Waals surface area contributed by atoms with Crippen LogP contribution in [0.5, 0.6) is 0 Å². The zero-order valence-corrected chi connectivity index (χ0v) is 17.3. The van der Waals surface area contributed by atoms with E-state index in [1.807, 2.05) is 13.8 Å². The van der Waals surface area contributed by atoms with Gasteiger partial charge in [-0.2, -0.15) is 0 Å². The van der Waals surface area contributed by atoms with Crippen molar-refractivity contribution in [2.24, 2.45) is 0 Å². The van der Waals surface area contributed by atoms with Crippen molar-refractivity contribution in [3.05, 3.63) is 63.5 Å². The highest BCUT2D eigenvalue weighted by Gasteiger charge is 2.29. The summed E-state index contributed by atoms with van der Waals surface area (Å²) in [7, 11) is 0. The molecular weight excluding hydrogens is 413 g/mol. The second kappa shape index (κ2) is 9.23. The lowest BCUT2D eigenvalue weighted by molar-refractivity contribution is -0.384. The Labute approximate surface area is 177 Å². The third-order valence-corrected chi connectivity index (χ3v) is 5.41. The number of halogens is 3. The molecule has 0 unspecified atom stereocenters. The molecule has 1 amide bonds. The highest BCUT2D eigenvalue weighted by atomic mass is 19.1. The van der Waals surface area contributed by atoms with Crippen LogP contribution in [0.25, 0.3) is 0 Å². The van der Waals surface area contributed by atoms with E-state index < -0.39 is 28.3 Å². The van der Waals surface area contributed by atoms with Crippen LogP contribution in [0, 0.1) is 27.6 Å². The van der Waals surface area contributed by atoms with Gasteiger partial charge in [0.2, 0.25) is 0 Å². The number of carbonyl (C=O) groups excluding carboxylic acids is 1. The summed E-state index contributed by atoms with van der Waals surface area (Å²) in [5.41, 5.74) is -0.0324. The predicted molar refractivity (Wildman–Crippen MR) is 111 cm³/mol. The minimum Gasteiger partial charge on any atom is -0.370 e. The van der Waals surface area contributed by atoms with Crippen molar-refractivity contribution in [1.29, 1.82) is 0 Å². The number of carbonyl (C=O) groups is 1. The van der Waals surface area contributed by atoms with Crippen molar-refractivity contribution in [2.75, 3.05) is 49.1 Å². The molecule has 0 spiro atoms. The third kappa shape index (κ3) is 4.57. The minimum atomic E-state index is -0.939. The second-order valence-corrected chi connectivity index (χ2v) is 7.13. The fourth-order valence-electron chi connectivity index (χ4n) is 3.73. The number of nitrogens with zero attached hydrogens (tertiary/aromatic N) is 4. The van der Waals surface area contributed by atoms with Crippen LogP contribution in [0.3, 0.4) is 0 Å². The molecule has 2 aromatic rings. The Morgan fingerprint density at radius 1 is 1.03 bits per heavy atom. The van der Waals surface area contributed by atoms with E-state index in [1.54, 1.807) is 9.80 Å². The van der Waals surface area contributed by atoms with Gasteiger partial charge in [0, 0.05) is 45.3 Å². The van der Waals surface area contributed by atoms with Gasteiger partial charge < -0.3 is 14.7 Å². The van der Waals surface area contributed by atoms with Crippen molar-refractivity contribution < 1.29 is 22.9 Å². The zero-order valence-electron chi connectivity index (χ0n) is 17.3. The van der Waals surface area contributed by atoms with Crippen LogP contribution < -0.4 is 9.80 Å². The number of rotatable bonds is 6. The normalized spacial score (nSPS) is 14.0. The largest absolute Gasteiger partial charge is 0.370 e. The SMILES string of the molecule is CCN(CC)c1cc(N2CCN(C(=O)c3ccc(F)cc3F)CC2)c([N+](=O)[O-])cc1F. The van der Waals surface area contributed by atoms with E-state index in [0.717, 1.165) is 18.2 Å². The van der Waals surface area contributed by atoms with Gasteiger partial charge >= 0.3 is 0 Å². The summed E-state index contributed by atoms with van der Waals surface area (Å²) in [6, 6.07) is 5.16. The Morgan fingerprint density at radius 2 is 1.68 bits per heavy atom. The van der Waals surface area contributed by atoms with Crippen molar-refractivity contribution in [1.82, 2.24) is 4.90 Å². The van der Waals surface area contributed by atoms with Crippen LogP contribution in [0.2, 0.25) is 0 Å². The van der Waals surface area contributed by atoms with E-state index in [0.29, 0.717) is 19.2 Å². The quantitative estimate of drug-likeness (QED) is 0.509. The average Bonchev–Trinajstić information content (AvgIpc) is 2.75. The predicted octanol–water partition coefficient (Wildman–Crippen LogP) is 3.82. The van der Waals surface area contributed by atoms with Gasteiger partial charge in [0.05, 0.1) is 22.2 Å². The third-order valence-electron chi connectivity index (χ3n) is 5.41. The maximum absolute atomic E-state index is 14.5. The molecule has 3 rings (SSSR count). The molecule has 0 N–H and O–H groups in total. The van der Waals surface area contributed by atoms with E-state index in [2.05, 4.69) is 0 Å². The van der Waals surface area contributed by atoms with Crippen LogP contribution in [-0.4, -0.2) is 55.0 Å². The van der Waals surface area contributed by atoms with Crippen molar-refractivity contribution >= 4 is 23.0 Å². The number of piperazine rings is 1. The van der Waals surface area contributed by atoms with Gasteiger partial charge in [-0.1, -0.05) is 0 Å². The Morgan fingerprint density at radius 3 is 2.23 bits per heavy atom. The van der Waals surface area contributed by atoms with Crippen LogP contribution in [0.1, 0.15) is 24.2 Å². The Balaban J connectivity index is 1.83. The highest BCUT2D eigenvalue weighted by molar-refractivity contribution is 5.94. The number of anilines is 2. The molecule has 0 aromatic heterocycles. The number of nitro groups is 1. The van der Waals surface area contributed by atoms with Gasteiger partial charge in [0.1, 0.15) is 17.3 Å². The first-order valence-corrected chi connectivity index (χ1v) is 9.98. The fourth-order valence-corrected chi connectivity index (χ4v) is 3.73. The summed E-state index contributed by atoms with van der Waals surface area (Å²) in [5, 5.41) is 11.5. The molecule has 1 aliphatic rings. The molecule has 7 nitrogen and oxygen atoms in total. The molecule has 1 saturated heterocycles. The lowest BCUT2D eigenvalue weighted by Crippen LogP contribution is -2.49. The highest BCUT2D eigenvalue weighted by Crippen LogP contribution is 2.35. The first-order chi connectivity index (χ1) is 14.8. The molecule has 1 heterocycles. The van der Waals surface area contributed by atoms with Crippen molar-refractivity contribution in [3.8, 4) is 0 Å². The summed E-state index contributed by atoms with van der Waals surface area (Å²) in [6.07, 6.45) is 0. The summed E-state index contributed by atoms with van der Waals surface area (Å²) in [4.78, 5) is 28.4. The zero-order chi connectivity index (χ0) is 22.7. The van der Waals surface area contributed by atoms with Gasteiger partial charge in [-0.05, 0) is 32.0 Å². The number of hydrogen-bond donors (Lipinski definition) is 0. The number of benzene rings is 2. The molecule has 10 heteroatoms. The molecule has 0 bridgehead atoms. The molecule has 0 saturated carbocycles. The van der Waals surface area contributed by atoms with E-state index in [4.69, 9.17) is 0 Å². The Hall–Kier alpha value is -3.30. The van der Waals surface area contributed by atoms with Crippen LogP contribution in [0.4, 0.5) is 30.2 Å². The molecule has 0 aliphatic carbocycles. The maximum atomic E-state index is 14.5. The number of hydrogen-bond acceptors (Lipinski definition) is 5. The van der Waals surface area contributed by atoms with Crippen molar-refractivity contribution in [2.45, 2.75) is 13.8 Å². The van der Waals surface area contributed by atoms with Gasteiger partial charge in [-0.25, -0.2) is 13.2 Å². The van der Waals surface area contributed by atoms with Gasteiger partial charge in [-0.3, -0.25) is 14.9 Å². The van der Waals surface area contributed by atoms with E-state index in [-0.39, 0.29) is 48.8 Å². The lowest BCUT2D eigenvalue weighted by Gasteiger charge is -2.36. The summed E-state index contributed by atoms with van der Waals surface area (Å²) in [5.74, 6) is -2.95. The van der Waals surface area contributed by atoms with Crippen LogP contribution >= 0.6 is 0 Å². The standard InChI is InChI=1S/C21H23F3N4O3/c1-3-25(4-2)18-13-19(20(28(30)31)12-17(18)24)26-7-9-27(10-8-26)21(29)15-6-5-14(22)11-16(15)23/h5-6,11-13H,3-4,7-10H2,1-2H3. The molecule has 1 aliphatic heterocycles. The Bertz CT molecular complexity index is 990. The summed E-state index contributed by atoms with van der Waals surface area (Å²) < 4.78 is 41.6. The van der Waals surface area contributed by atoms with Gasteiger partial charge in [0.15, 0.2) is 5.82 Å². The lowest BCUT2D eigenvalue weighted by atomic mass is 10.1. The molecule has 0 atom stereocenters. The number of amides is 1. The molecular formula is C21H23F3N4O3. The van der Waals surface area contributed by atoms with E-state index in [9.17, 15) is 28.1 Å². The Kier molecular flexibility index (Phi) is 6.67. The fraction of sp³-hybridized carbons (Fsp3) is 0.381. The molecule has 31 heavy (non-hydrogen) atoms. The first kappa shape index (κ1) is 22.4. The smallest absolute Gasteiger partial charge is 0.295 e. The topological polar surface area (TPSA) is 69.9 Å². The molecule has 1 fully saturated rings. The first-order valence-electron chi connectivity index (χ1n) is 9.98. The summed E-state index contributed by atoms with van der Waals surface area (Å²) in [6.45, 7) is 5.67. The number of nitro benzene ring substituents is 1. The summed E-state index contributed by atoms with van der Waals surface area (Å²) >= 11 is 0.